The minimum atomic E-state index is -0.683. The molecule has 2 aromatic carbocycles. The van der Waals surface area contributed by atoms with Crippen molar-refractivity contribution in [1.82, 2.24) is 4.90 Å². The van der Waals surface area contributed by atoms with Gasteiger partial charge in [0, 0.05) is 16.6 Å². The number of halogens is 1. The molecule has 0 radical (unpaired) electrons. The molecule has 0 spiro atoms. The van der Waals surface area contributed by atoms with Gasteiger partial charge in [-0.25, -0.2) is 0 Å². The molecule has 26 heavy (non-hydrogen) atoms. The van der Waals surface area contributed by atoms with E-state index in [-0.39, 0.29) is 17.9 Å². The Morgan fingerprint density at radius 2 is 1.77 bits per heavy atom. The van der Waals surface area contributed by atoms with Crippen LogP contribution in [0.4, 0.5) is 0 Å². The standard InChI is InChI=1S/C21H18BrNO3/c1-3-12-23-18(14-6-4-13(2)5-7-14)17(20(25)21(23)26)19(24)15-8-10-16(22)11-9-15/h3-11,18,24H,1,12H2,2H3. The molecule has 1 saturated heterocycles. The van der Waals surface area contributed by atoms with Crippen molar-refractivity contribution in [1.29, 1.82) is 0 Å². The van der Waals surface area contributed by atoms with E-state index in [0.717, 1.165) is 15.6 Å². The molecule has 0 saturated carbocycles. The molecule has 3 rings (SSSR count). The molecule has 1 fully saturated rings. The van der Waals surface area contributed by atoms with Gasteiger partial charge in [-0.15, -0.1) is 6.58 Å². The molecule has 1 N–H and O–H groups in total. The van der Waals surface area contributed by atoms with Crippen molar-refractivity contribution < 1.29 is 14.7 Å². The van der Waals surface area contributed by atoms with Gasteiger partial charge in [-0.3, -0.25) is 9.59 Å². The van der Waals surface area contributed by atoms with Gasteiger partial charge in [0.25, 0.3) is 11.7 Å². The molecule has 1 aliphatic rings. The summed E-state index contributed by atoms with van der Waals surface area (Å²) in [6.45, 7) is 5.86. The van der Waals surface area contributed by atoms with Crippen LogP contribution in [0.5, 0.6) is 0 Å². The molecule has 1 atom stereocenters. The van der Waals surface area contributed by atoms with Crippen molar-refractivity contribution in [2.24, 2.45) is 0 Å². The average Bonchev–Trinajstić information content (AvgIpc) is 2.88. The average molecular weight is 412 g/mol. The molecule has 2 aromatic rings. The molecule has 1 amide bonds. The van der Waals surface area contributed by atoms with E-state index in [1.807, 2.05) is 31.2 Å². The number of aryl methyl sites for hydroxylation is 1. The number of ketones is 1. The number of nitrogens with zero attached hydrogens (tertiary/aromatic N) is 1. The van der Waals surface area contributed by atoms with Crippen LogP contribution < -0.4 is 0 Å². The predicted molar refractivity (Wildman–Crippen MR) is 105 cm³/mol. The van der Waals surface area contributed by atoms with Crippen LogP contribution in [0.2, 0.25) is 0 Å². The number of hydrogen-bond acceptors (Lipinski definition) is 3. The van der Waals surface area contributed by atoms with Crippen LogP contribution in [-0.4, -0.2) is 28.2 Å². The summed E-state index contributed by atoms with van der Waals surface area (Å²) >= 11 is 3.35. The van der Waals surface area contributed by atoms with Gasteiger partial charge in [-0.05, 0) is 24.6 Å². The maximum absolute atomic E-state index is 12.7. The minimum absolute atomic E-state index is 0.100. The van der Waals surface area contributed by atoms with E-state index >= 15 is 0 Å². The van der Waals surface area contributed by atoms with E-state index in [9.17, 15) is 14.7 Å². The summed E-state index contributed by atoms with van der Waals surface area (Å²) in [6, 6.07) is 13.9. The summed E-state index contributed by atoms with van der Waals surface area (Å²) in [6.07, 6.45) is 1.58. The Bertz CT molecular complexity index is 898. The first kappa shape index (κ1) is 18.1. The summed E-state index contributed by atoms with van der Waals surface area (Å²) < 4.78 is 0.858. The highest BCUT2D eigenvalue weighted by atomic mass is 79.9. The number of aliphatic hydroxyl groups is 1. The second kappa shape index (κ2) is 7.30. The Kier molecular flexibility index (Phi) is 5.09. The van der Waals surface area contributed by atoms with Gasteiger partial charge >= 0.3 is 0 Å². The van der Waals surface area contributed by atoms with Crippen LogP contribution >= 0.6 is 15.9 Å². The number of carbonyl (C=O) groups excluding carboxylic acids is 2. The van der Waals surface area contributed by atoms with Crippen LogP contribution in [0.3, 0.4) is 0 Å². The van der Waals surface area contributed by atoms with Gasteiger partial charge in [0.15, 0.2) is 0 Å². The quantitative estimate of drug-likeness (QED) is 0.351. The molecule has 0 aliphatic carbocycles. The number of carbonyl (C=O) groups is 2. The first-order chi connectivity index (χ1) is 12.4. The van der Waals surface area contributed by atoms with E-state index in [0.29, 0.717) is 5.56 Å². The third kappa shape index (κ3) is 3.22. The van der Waals surface area contributed by atoms with Gasteiger partial charge < -0.3 is 10.0 Å². The van der Waals surface area contributed by atoms with Crippen molar-refractivity contribution in [2.45, 2.75) is 13.0 Å². The maximum Gasteiger partial charge on any atom is 0.295 e. The second-order valence-electron chi connectivity index (χ2n) is 6.16. The molecule has 5 heteroatoms. The number of likely N-dealkylation sites (tertiary alicyclic amines) is 1. The first-order valence-corrected chi connectivity index (χ1v) is 8.95. The van der Waals surface area contributed by atoms with Crippen molar-refractivity contribution in [3.05, 3.63) is 87.9 Å². The van der Waals surface area contributed by atoms with Gasteiger partial charge in [-0.1, -0.05) is 64.0 Å². The SMILES string of the molecule is C=CCN1C(=O)C(=O)C(=C(O)c2ccc(Br)cc2)C1c1ccc(C)cc1. The summed E-state index contributed by atoms with van der Waals surface area (Å²) in [5.74, 6) is -1.49. The minimum Gasteiger partial charge on any atom is -0.507 e. The third-order valence-electron chi connectivity index (χ3n) is 4.38. The third-order valence-corrected chi connectivity index (χ3v) is 4.91. The molecule has 1 aliphatic heterocycles. The Morgan fingerprint density at radius 3 is 2.35 bits per heavy atom. The largest absolute Gasteiger partial charge is 0.507 e. The Hall–Kier alpha value is -2.66. The molecule has 4 nitrogen and oxygen atoms in total. The van der Waals surface area contributed by atoms with Crippen molar-refractivity contribution in [3.63, 3.8) is 0 Å². The topological polar surface area (TPSA) is 57.6 Å². The van der Waals surface area contributed by atoms with Crippen molar-refractivity contribution in [2.75, 3.05) is 6.54 Å². The number of benzene rings is 2. The first-order valence-electron chi connectivity index (χ1n) is 8.16. The van der Waals surface area contributed by atoms with Crippen LogP contribution in [0.25, 0.3) is 5.76 Å². The molecular formula is C21H18BrNO3. The lowest BCUT2D eigenvalue weighted by atomic mass is 9.95. The van der Waals surface area contributed by atoms with E-state index in [1.165, 1.54) is 4.90 Å². The molecule has 0 bridgehead atoms. The number of amides is 1. The zero-order chi connectivity index (χ0) is 18.8. The van der Waals surface area contributed by atoms with E-state index in [1.54, 1.807) is 30.3 Å². The fraction of sp³-hybridized carbons (Fsp3) is 0.143. The van der Waals surface area contributed by atoms with Gasteiger partial charge in [-0.2, -0.15) is 0 Å². The number of Topliss-reactive ketones (excluding diaryl/α,β-unsaturated/α-hetero) is 1. The Balaban J connectivity index is 2.18. The molecule has 0 aromatic heterocycles. The number of rotatable bonds is 4. The lowest BCUT2D eigenvalue weighted by Gasteiger charge is -2.24. The Labute approximate surface area is 160 Å². The van der Waals surface area contributed by atoms with E-state index in [4.69, 9.17) is 0 Å². The number of aliphatic hydroxyl groups excluding tert-OH is 1. The van der Waals surface area contributed by atoms with Gasteiger partial charge in [0.2, 0.25) is 0 Å². The zero-order valence-electron chi connectivity index (χ0n) is 14.3. The molecule has 1 heterocycles. The van der Waals surface area contributed by atoms with Crippen LogP contribution in [0.1, 0.15) is 22.7 Å². The smallest absolute Gasteiger partial charge is 0.295 e. The molecule has 1 unspecified atom stereocenters. The number of hydrogen-bond donors (Lipinski definition) is 1. The monoisotopic (exact) mass is 411 g/mol. The van der Waals surface area contributed by atoms with Crippen LogP contribution in [0, 0.1) is 6.92 Å². The van der Waals surface area contributed by atoms with E-state index < -0.39 is 17.7 Å². The highest BCUT2D eigenvalue weighted by Crippen LogP contribution is 2.39. The van der Waals surface area contributed by atoms with Crippen molar-refractivity contribution >= 4 is 33.4 Å². The fourth-order valence-corrected chi connectivity index (χ4v) is 3.33. The highest BCUT2D eigenvalue weighted by Gasteiger charge is 2.45. The lowest BCUT2D eigenvalue weighted by molar-refractivity contribution is -0.139. The van der Waals surface area contributed by atoms with Gasteiger partial charge in [0.05, 0.1) is 11.6 Å². The van der Waals surface area contributed by atoms with E-state index in [2.05, 4.69) is 22.5 Å². The summed E-state index contributed by atoms with van der Waals surface area (Å²) in [7, 11) is 0. The molecular weight excluding hydrogens is 394 g/mol. The Morgan fingerprint density at radius 1 is 1.15 bits per heavy atom. The normalized spacial score (nSPS) is 19.0. The van der Waals surface area contributed by atoms with Crippen LogP contribution in [-0.2, 0) is 9.59 Å². The van der Waals surface area contributed by atoms with Gasteiger partial charge in [0.1, 0.15) is 5.76 Å². The predicted octanol–water partition coefficient (Wildman–Crippen LogP) is 4.37. The maximum atomic E-state index is 12.7. The highest BCUT2D eigenvalue weighted by molar-refractivity contribution is 9.10. The molecule has 132 valence electrons. The van der Waals surface area contributed by atoms with Crippen molar-refractivity contribution in [3.8, 4) is 0 Å². The second-order valence-corrected chi connectivity index (χ2v) is 7.07. The van der Waals surface area contributed by atoms with Crippen LogP contribution in [0.15, 0.2) is 71.2 Å². The summed E-state index contributed by atoms with van der Waals surface area (Å²) in [5.41, 5.74) is 2.43. The fourth-order valence-electron chi connectivity index (χ4n) is 3.07. The summed E-state index contributed by atoms with van der Waals surface area (Å²) in [4.78, 5) is 26.6. The summed E-state index contributed by atoms with van der Waals surface area (Å²) in [5, 5.41) is 10.8. The zero-order valence-corrected chi connectivity index (χ0v) is 15.9. The lowest BCUT2D eigenvalue weighted by Crippen LogP contribution is -2.29.